The number of rotatable bonds is 4. The van der Waals surface area contributed by atoms with E-state index >= 15 is 0 Å². The Hall–Kier alpha value is -0.840. The summed E-state index contributed by atoms with van der Waals surface area (Å²) in [6.07, 6.45) is 0. The molecular formula is C8H17N3OS. The molecule has 5 heteroatoms. The SMILES string of the molecule is CCNC(=S)NCC(=O)NC(C)C. The van der Waals surface area contributed by atoms with Crippen molar-refractivity contribution in [1.82, 2.24) is 16.0 Å². The van der Waals surface area contributed by atoms with Crippen molar-refractivity contribution in [2.75, 3.05) is 13.1 Å². The van der Waals surface area contributed by atoms with E-state index in [4.69, 9.17) is 12.2 Å². The number of carbonyl (C=O) groups excluding carboxylic acids is 1. The second kappa shape index (κ2) is 6.65. The third-order valence-electron chi connectivity index (χ3n) is 1.20. The highest BCUT2D eigenvalue weighted by molar-refractivity contribution is 7.80. The predicted octanol–water partition coefficient (Wildman–Crippen LogP) is -0.00500. The average molecular weight is 203 g/mol. The van der Waals surface area contributed by atoms with Crippen LogP contribution in [0.2, 0.25) is 0 Å². The van der Waals surface area contributed by atoms with Gasteiger partial charge in [0.05, 0.1) is 6.54 Å². The number of hydrogen-bond acceptors (Lipinski definition) is 2. The van der Waals surface area contributed by atoms with E-state index in [1.54, 1.807) is 0 Å². The molecule has 4 nitrogen and oxygen atoms in total. The molecular weight excluding hydrogens is 186 g/mol. The smallest absolute Gasteiger partial charge is 0.239 e. The maximum Gasteiger partial charge on any atom is 0.239 e. The van der Waals surface area contributed by atoms with Crippen LogP contribution in [0.1, 0.15) is 20.8 Å². The van der Waals surface area contributed by atoms with Crippen LogP contribution < -0.4 is 16.0 Å². The molecule has 13 heavy (non-hydrogen) atoms. The molecule has 0 aliphatic heterocycles. The summed E-state index contributed by atoms with van der Waals surface area (Å²) in [4.78, 5) is 11.1. The van der Waals surface area contributed by atoms with E-state index in [9.17, 15) is 4.79 Å². The van der Waals surface area contributed by atoms with E-state index in [1.165, 1.54) is 0 Å². The Morgan fingerprint density at radius 1 is 1.38 bits per heavy atom. The van der Waals surface area contributed by atoms with Crippen molar-refractivity contribution in [2.24, 2.45) is 0 Å². The summed E-state index contributed by atoms with van der Waals surface area (Å²) in [7, 11) is 0. The highest BCUT2D eigenvalue weighted by Crippen LogP contribution is 1.75. The predicted molar refractivity (Wildman–Crippen MR) is 57.6 cm³/mol. The van der Waals surface area contributed by atoms with Crippen molar-refractivity contribution in [3.8, 4) is 0 Å². The van der Waals surface area contributed by atoms with Crippen LogP contribution in [-0.2, 0) is 4.79 Å². The molecule has 1 amide bonds. The van der Waals surface area contributed by atoms with Gasteiger partial charge in [0.1, 0.15) is 0 Å². The van der Waals surface area contributed by atoms with Crippen LogP contribution in [0.5, 0.6) is 0 Å². The topological polar surface area (TPSA) is 53.2 Å². The second-order valence-electron chi connectivity index (χ2n) is 2.94. The fourth-order valence-electron chi connectivity index (χ4n) is 0.757. The van der Waals surface area contributed by atoms with Gasteiger partial charge in [-0.3, -0.25) is 4.79 Å². The van der Waals surface area contributed by atoms with Crippen LogP contribution in [0.25, 0.3) is 0 Å². The zero-order chi connectivity index (χ0) is 10.3. The first-order chi connectivity index (χ1) is 6.06. The minimum absolute atomic E-state index is 0.0461. The van der Waals surface area contributed by atoms with Gasteiger partial charge in [-0.2, -0.15) is 0 Å². The first-order valence-electron chi connectivity index (χ1n) is 4.37. The van der Waals surface area contributed by atoms with E-state index in [1.807, 2.05) is 20.8 Å². The van der Waals surface area contributed by atoms with Crippen LogP contribution in [0.3, 0.4) is 0 Å². The monoisotopic (exact) mass is 203 g/mol. The van der Waals surface area contributed by atoms with Gasteiger partial charge in [0, 0.05) is 12.6 Å². The van der Waals surface area contributed by atoms with Gasteiger partial charge in [0.2, 0.25) is 5.91 Å². The first-order valence-corrected chi connectivity index (χ1v) is 4.78. The van der Waals surface area contributed by atoms with Crippen molar-refractivity contribution >= 4 is 23.2 Å². The van der Waals surface area contributed by atoms with Crippen molar-refractivity contribution in [3.63, 3.8) is 0 Å². The van der Waals surface area contributed by atoms with Gasteiger partial charge in [-0.05, 0) is 33.0 Å². The Kier molecular flexibility index (Phi) is 6.22. The lowest BCUT2D eigenvalue weighted by Gasteiger charge is -2.10. The standard InChI is InChI=1S/C8H17N3OS/c1-4-9-8(13)10-5-7(12)11-6(2)3/h6H,4-5H2,1-3H3,(H,11,12)(H2,9,10,13). The summed E-state index contributed by atoms with van der Waals surface area (Å²) in [5, 5.41) is 8.96. The number of thiocarbonyl (C=S) groups is 1. The van der Waals surface area contributed by atoms with Gasteiger partial charge in [-0.1, -0.05) is 0 Å². The number of hydrogen-bond donors (Lipinski definition) is 3. The highest BCUT2D eigenvalue weighted by atomic mass is 32.1. The van der Waals surface area contributed by atoms with Gasteiger partial charge in [-0.15, -0.1) is 0 Å². The summed E-state index contributed by atoms with van der Waals surface area (Å²) in [6.45, 7) is 6.77. The molecule has 0 aliphatic rings. The summed E-state index contributed by atoms with van der Waals surface area (Å²) in [5.74, 6) is -0.0461. The molecule has 0 fully saturated rings. The minimum Gasteiger partial charge on any atom is -0.363 e. The number of carbonyl (C=O) groups is 1. The molecule has 0 bridgehead atoms. The molecule has 0 heterocycles. The molecule has 0 saturated carbocycles. The van der Waals surface area contributed by atoms with Gasteiger partial charge >= 0.3 is 0 Å². The van der Waals surface area contributed by atoms with E-state index in [-0.39, 0.29) is 18.5 Å². The van der Waals surface area contributed by atoms with Crippen LogP contribution >= 0.6 is 12.2 Å². The lowest BCUT2D eigenvalue weighted by molar-refractivity contribution is -0.120. The number of nitrogens with one attached hydrogen (secondary N) is 3. The fraction of sp³-hybridized carbons (Fsp3) is 0.750. The number of amides is 1. The summed E-state index contributed by atoms with van der Waals surface area (Å²) < 4.78 is 0. The van der Waals surface area contributed by atoms with Gasteiger partial charge in [-0.25, -0.2) is 0 Å². The molecule has 0 rings (SSSR count). The lowest BCUT2D eigenvalue weighted by Crippen LogP contribution is -2.43. The molecule has 3 N–H and O–H groups in total. The van der Waals surface area contributed by atoms with Gasteiger partial charge in [0.15, 0.2) is 5.11 Å². The molecule has 0 aromatic heterocycles. The Bertz CT molecular complexity index is 182. The van der Waals surface area contributed by atoms with Crippen LogP contribution in [0.15, 0.2) is 0 Å². The lowest BCUT2D eigenvalue weighted by atomic mass is 10.4. The highest BCUT2D eigenvalue weighted by Gasteiger charge is 2.02. The normalized spacial score (nSPS) is 9.54. The molecule has 0 atom stereocenters. The maximum atomic E-state index is 11.1. The largest absolute Gasteiger partial charge is 0.363 e. The Morgan fingerprint density at radius 2 is 2.00 bits per heavy atom. The zero-order valence-corrected chi connectivity index (χ0v) is 9.12. The Labute approximate surface area is 84.5 Å². The van der Waals surface area contributed by atoms with E-state index < -0.39 is 0 Å². The van der Waals surface area contributed by atoms with E-state index in [2.05, 4.69) is 16.0 Å². The second-order valence-corrected chi connectivity index (χ2v) is 3.34. The van der Waals surface area contributed by atoms with E-state index in [0.717, 1.165) is 6.54 Å². The van der Waals surface area contributed by atoms with E-state index in [0.29, 0.717) is 5.11 Å². The molecule has 76 valence electrons. The quantitative estimate of drug-likeness (QED) is 0.563. The molecule has 0 aliphatic carbocycles. The van der Waals surface area contributed by atoms with Crippen LogP contribution in [0.4, 0.5) is 0 Å². The molecule has 0 spiro atoms. The van der Waals surface area contributed by atoms with Crippen LogP contribution in [0, 0.1) is 0 Å². The third-order valence-corrected chi connectivity index (χ3v) is 1.49. The average Bonchev–Trinajstić information content (AvgIpc) is 2.00. The molecule has 0 saturated heterocycles. The van der Waals surface area contributed by atoms with Gasteiger partial charge in [0.25, 0.3) is 0 Å². The molecule has 0 unspecified atom stereocenters. The Balaban J connectivity index is 3.52. The molecule has 0 aromatic rings. The summed E-state index contributed by atoms with van der Waals surface area (Å²) >= 11 is 4.88. The van der Waals surface area contributed by atoms with Crippen LogP contribution in [-0.4, -0.2) is 30.2 Å². The minimum atomic E-state index is -0.0461. The summed E-state index contributed by atoms with van der Waals surface area (Å²) in [5.41, 5.74) is 0. The third kappa shape index (κ3) is 7.52. The maximum absolute atomic E-state index is 11.1. The van der Waals surface area contributed by atoms with Crippen molar-refractivity contribution in [1.29, 1.82) is 0 Å². The van der Waals surface area contributed by atoms with Crippen molar-refractivity contribution < 1.29 is 4.79 Å². The van der Waals surface area contributed by atoms with Gasteiger partial charge < -0.3 is 16.0 Å². The fourth-order valence-corrected chi connectivity index (χ4v) is 0.973. The van der Waals surface area contributed by atoms with Crippen molar-refractivity contribution in [2.45, 2.75) is 26.8 Å². The summed E-state index contributed by atoms with van der Waals surface area (Å²) in [6, 6.07) is 0.169. The first kappa shape index (κ1) is 12.2. The molecule has 0 radical (unpaired) electrons. The molecule has 0 aromatic carbocycles. The Morgan fingerprint density at radius 3 is 2.46 bits per heavy atom. The zero-order valence-electron chi connectivity index (χ0n) is 8.31. The van der Waals surface area contributed by atoms with Crippen molar-refractivity contribution in [3.05, 3.63) is 0 Å².